The first-order valence-electron chi connectivity index (χ1n) is 6.11. The van der Waals surface area contributed by atoms with Gasteiger partial charge in [-0.1, -0.05) is 0 Å². The molecule has 0 aliphatic carbocycles. The fourth-order valence-corrected chi connectivity index (χ4v) is 2.67. The minimum atomic E-state index is 0.0809. The Kier molecular flexibility index (Phi) is 3.59. The number of aryl methyl sites for hydroxylation is 2. The molecule has 0 aromatic carbocycles. The summed E-state index contributed by atoms with van der Waals surface area (Å²) < 4.78 is 5.54. The summed E-state index contributed by atoms with van der Waals surface area (Å²) in [5.41, 5.74) is 2.37. The molecule has 0 bridgehead atoms. The highest BCUT2D eigenvalue weighted by molar-refractivity contribution is 7.15. The second-order valence-electron chi connectivity index (χ2n) is 5.58. The van der Waals surface area contributed by atoms with Crippen molar-refractivity contribution in [1.82, 2.24) is 10.3 Å². The van der Waals surface area contributed by atoms with E-state index in [0.717, 1.165) is 22.9 Å². The Labute approximate surface area is 112 Å². The summed E-state index contributed by atoms with van der Waals surface area (Å²) in [5.74, 6) is 0.896. The minimum Gasteiger partial charge on any atom is -0.442 e. The van der Waals surface area contributed by atoms with Gasteiger partial charge in [0, 0.05) is 17.0 Å². The van der Waals surface area contributed by atoms with Gasteiger partial charge in [-0.2, -0.15) is 0 Å². The van der Waals surface area contributed by atoms with Gasteiger partial charge in [0.15, 0.2) is 12.2 Å². The van der Waals surface area contributed by atoms with Crippen LogP contribution in [-0.2, 0) is 6.54 Å². The van der Waals surface area contributed by atoms with Gasteiger partial charge in [-0.3, -0.25) is 0 Å². The van der Waals surface area contributed by atoms with Crippen LogP contribution in [-0.4, -0.2) is 10.5 Å². The average molecular weight is 264 g/mol. The zero-order valence-electron chi connectivity index (χ0n) is 11.6. The van der Waals surface area contributed by atoms with Crippen molar-refractivity contribution in [2.75, 3.05) is 0 Å². The van der Waals surface area contributed by atoms with Crippen LogP contribution in [0.25, 0.3) is 10.6 Å². The fraction of sp³-hybridized carbons (Fsp3) is 0.500. The molecule has 3 nitrogen and oxygen atoms in total. The van der Waals surface area contributed by atoms with Crippen molar-refractivity contribution in [1.29, 1.82) is 0 Å². The number of aromatic nitrogens is 1. The summed E-state index contributed by atoms with van der Waals surface area (Å²) in [4.78, 5) is 6.80. The first-order chi connectivity index (χ1) is 8.37. The topological polar surface area (TPSA) is 38.1 Å². The van der Waals surface area contributed by atoms with Crippen LogP contribution in [0.1, 0.15) is 36.9 Å². The van der Waals surface area contributed by atoms with Crippen LogP contribution < -0.4 is 5.32 Å². The van der Waals surface area contributed by atoms with Crippen LogP contribution in [0.5, 0.6) is 0 Å². The molecule has 0 aliphatic rings. The van der Waals surface area contributed by atoms with Crippen molar-refractivity contribution in [2.45, 2.75) is 46.7 Å². The zero-order valence-corrected chi connectivity index (χ0v) is 12.4. The van der Waals surface area contributed by atoms with Crippen LogP contribution in [0.15, 0.2) is 16.9 Å². The molecule has 0 saturated heterocycles. The lowest BCUT2D eigenvalue weighted by atomic mass is 10.1. The number of rotatable bonds is 3. The molecule has 98 valence electrons. The monoisotopic (exact) mass is 264 g/mol. The van der Waals surface area contributed by atoms with Gasteiger partial charge in [0.25, 0.3) is 0 Å². The predicted octanol–water partition coefficient (Wildman–Crippen LogP) is 3.91. The standard InChI is InChI=1S/C14H20N2OS/c1-9-6-12(18-10(9)2)13-11(15-8-17-13)7-16-14(3,4)5/h6,8,16H,7H2,1-5H3. The van der Waals surface area contributed by atoms with Crippen LogP contribution in [0, 0.1) is 13.8 Å². The summed E-state index contributed by atoms with van der Waals surface area (Å²) >= 11 is 1.76. The maximum atomic E-state index is 5.54. The van der Waals surface area contributed by atoms with E-state index in [-0.39, 0.29) is 5.54 Å². The average Bonchev–Trinajstić information content (AvgIpc) is 2.82. The summed E-state index contributed by atoms with van der Waals surface area (Å²) in [6.07, 6.45) is 1.53. The quantitative estimate of drug-likeness (QED) is 0.913. The van der Waals surface area contributed by atoms with Crippen LogP contribution in [0.3, 0.4) is 0 Å². The largest absolute Gasteiger partial charge is 0.442 e. The molecular weight excluding hydrogens is 244 g/mol. The van der Waals surface area contributed by atoms with E-state index >= 15 is 0 Å². The lowest BCUT2D eigenvalue weighted by molar-refractivity contribution is 0.421. The normalized spacial score (nSPS) is 12.1. The summed E-state index contributed by atoms with van der Waals surface area (Å²) in [6, 6.07) is 2.17. The lowest BCUT2D eigenvalue weighted by Gasteiger charge is -2.19. The van der Waals surface area contributed by atoms with Gasteiger partial charge in [0.2, 0.25) is 0 Å². The number of hydrogen-bond donors (Lipinski definition) is 1. The Bertz CT molecular complexity index is 515. The zero-order chi connectivity index (χ0) is 13.3. The van der Waals surface area contributed by atoms with Crippen molar-refractivity contribution >= 4 is 11.3 Å². The Hall–Kier alpha value is -1.13. The van der Waals surface area contributed by atoms with E-state index in [1.54, 1.807) is 11.3 Å². The second kappa shape index (κ2) is 4.86. The van der Waals surface area contributed by atoms with Gasteiger partial charge in [0.05, 0.1) is 4.88 Å². The Morgan fingerprint density at radius 2 is 2.06 bits per heavy atom. The fourth-order valence-electron chi connectivity index (χ4n) is 1.63. The molecule has 2 heterocycles. The van der Waals surface area contributed by atoms with Gasteiger partial charge in [0.1, 0.15) is 5.69 Å². The molecule has 1 N–H and O–H groups in total. The summed E-state index contributed by atoms with van der Waals surface area (Å²) in [6.45, 7) is 11.4. The number of thiophene rings is 1. The molecule has 0 atom stereocenters. The van der Waals surface area contributed by atoms with Gasteiger partial charge in [-0.05, 0) is 46.2 Å². The molecule has 0 saturated carbocycles. The molecule has 4 heteroatoms. The van der Waals surface area contributed by atoms with Crippen molar-refractivity contribution in [3.05, 3.63) is 28.6 Å². The van der Waals surface area contributed by atoms with Crippen LogP contribution >= 0.6 is 11.3 Å². The molecule has 2 aromatic heterocycles. The molecule has 2 rings (SSSR count). The number of nitrogens with zero attached hydrogens (tertiary/aromatic N) is 1. The predicted molar refractivity (Wildman–Crippen MR) is 75.9 cm³/mol. The molecule has 0 unspecified atom stereocenters. The van der Waals surface area contributed by atoms with Gasteiger partial charge < -0.3 is 9.73 Å². The number of oxazole rings is 1. The Balaban J connectivity index is 2.22. The van der Waals surface area contributed by atoms with E-state index in [1.807, 2.05) is 0 Å². The second-order valence-corrected chi connectivity index (χ2v) is 6.84. The highest BCUT2D eigenvalue weighted by atomic mass is 32.1. The van der Waals surface area contributed by atoms with Crippen molar-refractivity contribution in [3.8, 4) is 10.6 Å². The van der Waals surface area contributed by atoms with E-state index in [2.05, 4.69) is 51.0 Å². The smallest absolute Gasteiger partial charge is 0.181 e. The SMILES string of the molecule is Cc1cc(-c2ocnc2CNC(C)(C)C)sc1C. The van der Waals surface area contributed by atoms with E-state index in [9.17, 15) is 0 Å². The Morgan fingerprint density at radius 1 is 1.33 bits per heavy atom. The van der Waals surface area contributed by atoms with Crippen LogP contribution in [0.4, 0.5) is 0 Å². The third-order valence-electron chi connectivity index (χ3n) is 2.82. The van der Waals surface area contributed by atoms with E-state index in [1.165, 1.54) is 16.8 Å². The third-order valence-corrected chi connectivity index (χ3v) is 3.97. The Morgan fingerprint density at radius 3 is 2.61 bits per heavy atom. The van der Waals surface area contributed by atoms with Gasteiger partial charge >= 0.3 is 0 Å². The highest BCUT2D eigenvalue weighted by Crippen LogP contribution is 2.32. The summed E-state index contributed by atoms with van der Waals surface area (Å²) in [7, 11) is 0. The maximum absolute atomic E-state index is 5.54. The molecule has 18 heavy (non-hydrogen) atoms. The molecule has 2 aromatic rings. The van der Waals surface area contributed by atoms with Crippen LogP contribution in [0.2, 0.25) is 0 Å². The minimum absolute atomic E-state index is 0.0809. The lowest BCUT2D eigenvalue weighted by Crippen LogP contribution is -2.35. The highest BCUT2D eigenvalue weighted by Gasteiger charge is 2.16. The molecule has 0 aliphatic heterocycles. The third kappa shape index (κ3) is 3.00. The molecular formula is C14H20N2OS. The number of hydrogen-bond acceptors (Lipinski definition) is 4. The van der Waals surface area contributed by atoms with Gasteiger partial charge in [-0.25, -0.2) is 4.98 Å². The van der Waals surface area contributed by atoms with Crippen molar-refractivity contribution < 1.29 is 4.42 Å². The molecule has 0 radical (unpaired) electrons. The van der Waals surface area contributed by atoms with E-state index < -0.39 is 0 Å². The number of nitrogens with one attached hydrogen (secondary N) is 1. The summed E-state index contributed by atoms with van der Waals surface area (Å²) in [5, 5.41) is 3.44. The first kappa shape index (κ1) is 13.3. The molecule has 0 amide bonds. The van der Waals surface area contributed by atoms with Gasteiger partial charge in [-0.15, -0.1) is 11.3 Å². The molecule has 0 spiro atoms. The van der Waals surface area contributed by atoms with E-state index in [4.69, 9.17) is 4.42 Å². The molecule has 0 fully saturated rings. The van der Waals surface area contributed by atoms with Crippen molar-refractivity contribution in [2.24, 2.45) is 0 Å². The first-order valence-corrected chi connectivity index (χ1v) is 6.93. The van der Waals surface area contributed by atoms with Crippen molar-refractivity contribution in [3.63, 3.8) is 0 Å². The van der Waals surface area contributed by atoms with E-state index in [0.29, 0.717) is 0 Å². The maximum Gasteiger partial charge on any atom is 0.181 e.